The van der Waals surface area contributed by atoms with Crippen LogP contribution >= 0.6 is 11.6 Å². The van der Waals surface area contributed by atoms with E-state index in [9.17, 15) is 9.50 Å². The van der Waals surface area contributed by atoms with Gasteiger partial charge in [0.05, 0.1) is 11.8 Å². The number of hydrogen-bond acceptors (Lipinski definition) is 6. The highest BCUT2D eigenvalue weighted by molar-refractivity contribution is 6.31. The fraction of sp³-hybridized carbons (Fsp3) is 0.667. The molecule has 3 atom stereocenters. The van der Waals surface area contributed by atoms with Crippen molar-refractivity contribution in [1.29, 1.82) is 0 Å². The second kappa shape index (κ2) is 13.9. The molecule has 2 aromatic rings. The molecule has 8 heteroatoms. The molecule has 0 radical (unpaired) electrons. The summed E-state index contributed by atoms with van der Waals surface area (Å²) in [5.41, 5.74) is 0.471. The lowest BCUT2D eigenvalue weighted by atomic mass is 9.73. The molecule has 2 aliphatic rings. The molecule has 38 heavy (non-hydrogen) atoms. The summed E-state index contributed by atoms with van der Waals surface area (Å²) in [7, 11) is 0. The van der Waals surface area contributed by atoms with Gasteiger partial charge < -0.3 is 21.1 Å². The van der Waals surface area contributed by atoms with Crippen molar-refractivity contribution in [1.82, 2.24) is 15.3 Å². The Balaban J connectivity index is 1.27. The predicted molar refractivity (Wildman–Crippen MR) is 154 cm³/mol. The SMILES string of the molecule is CCCC1C[C@@H](CNC[C@H]2CC[C@](C)(O)CC2)C[C@H](CNc2nc(NCc3ccccc3Cl)ncc2F)C1. The van der Waals surface area contributed by atoms with Gasteiger partial charge in [0, 0.05) is 18.1 Å². The average Bonchev–Trinajstić information content (AvgIpc) is 2.89. The molecule has 2 saturated carbocycles. The minimum atomic E-state index is -0.469. The molecule has 0 aliphatic heterocycles. The van der Waals surface area contributed by atoms with Gasteiger partial charge in [0.1, 0.15) is 0 Å². The predicted octanol–water partition coefficient (Wildman–Crippen LogP) is 6.66. The molecular weight excluding hydrogens is 501 g/mol. The summed E-state index contributed by atoms with van der Waals surface area (Å²) in [6.45, 7) is 7.51. The molecule has 0 bridgehead atoms. The highest BCUT2D eigenvalue weighted by Crippen LogP contribution is 2.36. The maximum atomic E-state index is 14.6. The third-order valence-electron chi connectivity index (χ3n) is 8.44. The summed E-state index contributed by atoms with van der Waals surface area (Å²) in [6.07, 6.45) is 11.3. The molecule has 1 aromatic heterocycles. The Kier molecular flexibility index (Phi) is 10.6. The van der Waals surface area contributed by atoms with E-state index in [4.69, 9.17) is 11.6 Å². The van der Waals surface area contributed by atoms with E-state index in [-0.39, 0.29) is 5.82 Å². The second-order valence-corrected chi connectivity index (χ2v) is 12.3. The Bertz CT molecular complexity index is 1010. The standard InChI is InChI=1S/C30H45ClFN5O/c1-3-6-22-13-23(17-33-16-21-9-11-30(2,38)12-10-21)15-24(14-22)18-34-28-27(32)20-36-29(37-28)35-19-25-7-4-5-8-26(25)31/h4-5,7-8,20-24,33,38H,3,6,9-19H2,1-2H3,(H2,34,35,36,37)/t21-,22?,23-,24-,30-/m1/s1. The van der Waals surface area contributed by atoms with Crippen LogP contribution in [-0.2, 0) is 6.54 Å². The van der Waals surface area contributed by atoms with Crippen LogP contribution in [0.2, 0.25) is 5.02 Å². The lowest BCUT2D eigenvalue weighted by Crippen LogP contribution is -2.37. The van der Waals surface area contributed by atoms with Gasteiger partial charge in [-0.25, -0.2) is 9.37 Å². The molecule has 0 saturated heterocycles. The number of aliphatic hydroxyl groups is 1. The third-order valence-corrected chi connectivity index (χ3v) is 8.81. The lowest BCUT2D eigenvalue weighted by molar-refractivity contribution is 0.00799. The quantitative estimate of drug-likeness (QED) is 0.239. The van der Waals surface area contributed by atoms with E-state index in [0.717, 1.165) is 56.7 Å². The van der Waals surface area contributed by atoms with Crippen molar-refractivity contribution in [2.24, 2.45) is 23.7 Å². The minimum Gasteiger partial charge on any atom is -0.390 e. The first-order valence-corrected chi connectivity index (χ1v) is 14.9. The zero-order valence-corrected chi connectivity index (χ0v) is 23.7. The number of nitrogens with zero attached hydrogens (tertiary/aromatic N) is 2. The number of halogens is 2. The molecule has 1 aromatic carbocycles. The van der Waals surface area contributed by atoms with Crippen LogP contribution in [0, 0.1) is 29.5 Å². The van der Waals surface area contributed by atoms with Crippen LogP contribution in [0.4, 0.5) is 16.2 Å². The van der Waals surface area contributed by atoms with E-state index in [1.165, 1.54) is 31.9 Å². The number of nitrogens with one attached hydrogen (secondary N) is 3. The van der Waals surface area contributed by atoms with Crippen LogP contribution in [0.3, 0.4) is 0 Å². The topological polar surface area (TPSA) is 82.1 Å². The number of anilines is 2. The molecule has 210 valence electrons. The summed E-state index contributed by atoms with van der Waals surface area (Å²) in [5.74, 6) is 2.73. The van der Waals surface area contributed by atoms with Crippen molar-refractivity contribution >= 4 is 23.4 Å². The van der Waals surface area contributed by atoms with E-state index >= 15 is 0 Å². The van der Waals surface area contributed by atoms with Crippen LogP contribution in [-0.4, -0.2) is 40.3 Å². The van der Waals surface area contributed by atoms with E-state index < -0.39 is 11.4 Å². The van der Waals surface area contributed by atoms with Crippen LogP contribution in [0.1, 0.15) is 77.2 Å². The summed E-state index contributed by atoms with van der Waals surface area (Å²) >= 11 is 6.24. The molecular formula is C30H45ClFN5O. The molecule has 4 rings (SSSR count). The van der Waals surface area contributed by atoms with Gasteiger partial charge >= 0.3 is 0 Å². The Morgan fingerprint density at radius 1 is 1.00 bits per heavy atom. The van der Waals surface area contributed by atoms with Crippen molar-refractivity contribution in [3.63, 3.8) is 0 Å². The second-order valence-electron chi connectivity index (χ2n) is 11.9. The normalized spacial score (nSPS) is 27.7. The van der Waals surface area contributed by atoms with Gasteiger partial charge in [-0.3, -0.25) is 0 Å². The fourth-order valence-electron chi connectivity index (χ4n) is 6.31. The smallest absolute Gasteiger partial charge is 0.225 e. The van der Waals surface area contributed by atoms with Crippen LogP contribution in [0.25, 0.3) is 0 Å². The van der Waals surface area contributed by atoms with Crippen LogP contribution in [0.15, 0.2) is 30.5 Å². The van der Waals surface area contributed by atoms with Gasteiger partial charge in [0.2, 0.25) is 5.95 Å². The van der Waals surface area contributed by atoms with E-state index in [0.29, 0.717) is 41.8 Å². The lowest BCUT2D eigenvalue weighted by Gasteiger charge is -2.36. The highest BCUT2D eigenvalue weighted by atomic mass is 35.5. The number of rotatable bonds is 12. The first kappa shape index (κ1) is 29.0. The Hall–Kier alpha value is -1.96. The summed E-state index contributed by atoms with van der Waals surface area (Å²) in [5, 5.41) is 21.1. The van der Waals surface area contributed by atoms with Crippen LogP contribution in [0.5, 0.6) is 0 Å². The van der Waals surface area contributed by atoms with Gasteiger partial charge in [-0.2, -0.15) is 4.98 Å². The summed E-state index contributed by atoms with van der Waals surface area (Å²) in [6, 6.07) is 7.61. The van der Waals surface area contributed by atoms with E-state index in [1.54, 1.807) is 0 Å². The highest BCUT2D eigenvalue weighted by Gasteiger charge is 2.30. The summed E-state index contributed by atoms with van der Waals surface area (Å²) < 4.78 is 14.6. The van der Waals surface area contributed by atoms with Crippen molar-refractivity contribution in [2.75, 3.05) is 30.3 Å². The zero-order chi connectivity index (χ0) is 27.0. The minimum absolute atomic E-state index is 0.252. The molecule has 0 amide bonds. The van der Waals surface area contributed by atoms with E-state index in [2.05, 4.69) is 32.8 Å². The van der Waals surface area contributed by atoms with Gasteiger partial charge in [-0.1, -0.05) is 49.6 Å². The van der Waals surface area contributed by atoms with E-state index in [1.807, 2.05) is 31.2 Å². The summed E-state index contributed by atoms with van der Waals surface area (Å²) in [4.78, 5) is 8.51. The van der Waals surface area contributed by atoms with Gasteiger partial charge in [-0.15, -0.1) is 0 Å². The largest absolute Gasteiger partial charge is 0.390 e. The van der Waals surface area contributed by atoms with Gasteiger partial charge in [0.25, 0.3) is 0 Å². The van der Waals surface area contributed by atoms with Gasteiger partial charge in [-0.05, 0) is 100 Å². The van der Waals surface area contributed by atoms with Crippen LogP contribution < -0.4 is 16.0 Å². The number of aromatic nitrogens is 2. The first-order valence-electron chi connectivity index (χ1n) is 14.5. The number of hydrogen-bond donors (Lipinski definition) is 4. The first-order chi connectivity index (χ1) is 18.3. The molecule has 2 fully saturated rings. The van der Waals surface area contributed by atoms with Gasteiger partial charge in [0.15, 0.2) is 11.6 Å². The zero-order valence-electron chi connectivity index (χ0n) is 23.0. The average molecular weight is 546 g/mol. The maximum absolute atomic E-state index is 14.6. The molecule has 2 aliphatic carbocycles. The Morgan fingerprint density at radius 3 is 2.42 bits per heavy atom. The third kappa shape index (κ3) is 8.78. The van der Waals surface area contributed by atoms with Crippen molar-refractivity contribution in [3.05, 3.63) is 46.9 Å². The Morgan fingerprint density at radius 2 is 1.68 bits per heavy atom. The Labute approximate surface area is 232 Å². The van der Waals surface area contributed by atoms with Crippen molar-refractivity contribution in [3.8, 4) is 0 Å². The molecule has 1 heterocycles. The monoisotopic (exact) mass is 545 g/mol. The van der Waals surface area contributed by atoms with Crippen molar-refractivity contribution < 1.29 is 9.50 Å². The molecule has 0 spiro atoms. The molecule has 6 nitrogen and oxygen atoms in total. The fourth-order valence-corrected chi connectivity index (χ4v) is 6.51. The number of benzene rings is 1. The maximum Gasteiger partial charge on any atom is 0.225 e. The molecule has 4 N–H and O–H groups in total. The van der Waals surface area contributed by atoms with Crippen molar-refractivity contribution in [2.45, 2.75) is 83.8 Å². The molecule has 1 unspecified atom stereocenters.